The lowest BCUT2D eigenvalue weighted by Crippen LogP contribution is -2.37. The van der Waals surface area contributed by atoms with Gasteiger partial charge in [0.25, 0.3) is 0 Å². The third kappa shape index (κ3) is 2.91. The zero-order valence-corrected chi connectivity index (χ0v) is 11.0. The van der Waals surface area contributed by atoms with Crippen LogP contribution in [0.1, 0.15) is 12.8 Å². The Hall–Kier alpha value is -1.22. The van der Waals surface area contributed by atoms with E-state index in [4.69, 9.17) is 4.74 Å². The maximum absolute atomic E-state index is 5.29. The Morgan fingerprint density at radius 2 is 2.24 bits per heavy atom. The summed E-state index contributed by atoms with van der Waals surface area (Å²) < 4.78 is 5.29. The highest BCUT2D eigenvalue weighted by Crippen LogP contribution is 2.28. The SMILES string of the molecule is COc1cccc(N2CCCC2CN(C)C)c1. The molecule has 17 heavy (non-hydrogen) atoms. The molecular weight excluding hydrogens is 212 g/mol. The molecule has 0 radical (unpaired) electrons. The van der Waals surface area contributed by atoms with Gasteiger partial charge in [0.05, 0.1) is 7.11 Å². The Kier molecular flexibility index (Phi) is 3.89. The topological polar surface area (TPSA) is 15.7 Å². The largest absolute Gasteiger partial charge is 0.497 e. The molecule has 3 nitrogen and oxygen atoms in total. The van der Waals surface area contributed by atoms with Gasteiger partial charge in [-0.25, -0.2) is 0 Å². The number of ether oxygens (including phenoxy) is 1. The van der Waals surface area contributed by atoms with Gasteiger partial charge < -0.3 is 14.5 Å². The van der Waals surface area contributed by atoms with Crippen molar-refractivity contribution in [1.29, 1.82) is 0 Å². The van der Waals surface area contributed by atoms with Crippen molar-refractivity contribution in [3.63, 3.8) is 0 Å². The first-order chi connectivity index (χ1) is 8.20. The molecule has 1 unspecified atom stereocenters. The zero-order chi connectivity index (χ0) is 12.3. The standard InChI is InChI=1S/C14H22N2O/c1-15(2)11-13-7-5-9-16(13)12-6-4-8-14(10-12)17-3/h4,6,8,10,13H,5,7,9,11H2,1-3H3. The fraction of sp³-hybridized carbons (Fsp3) is 0.571. The average molecular weight is 234 g/mol. The van der Waals surface area contributed by atoms with Gasteiger partial charge in [0.15, 0.2) is 0 Å². The summed E-state index contributed by atoms with van der Waals surface area (Å²) >= 11 is 0. The smallest absolute Gasteiger partial charge is 0.120 e. The molecule has 1 atom stereocenters. The number of benzene rings is 1. The first-order valence-electron chi connectivity index (χ1n) is 6.26. The van der Waals surface area contributed by atoms with Crippen LogP contribution in [0, 0.1) is 0 Å². The molecule has 0 aromatic heterocycles. The molecule has 1 aromatic carbocycles. The second kappa shape index (κ2) is 5.41. The second-order valence-corrected chi connectivity index (χ2v) is 4.95. The predicted molar refractivity (Wildman–Crippen MR) is 71.9 cm³/mol. The summed E-state index contributed by atoms with van der Waals surface area (Å²) in [5.74, 6) is 0.943. The van der Waals surface area contributed by atoms with Crippen LogP contribution in [-0.2, 0) is 0 Å². The van der Waals surface area contributed by atoms with Gasteiger partial charge in [-0.15, -0.1) is 0 Å². The Labute approximate surface area is 104 Å². The fourth-order valence-electron chi connectivity index (χ4n) is 2.58. The van der Waals surface area contributed by atoms with E-state index in [-0.39, 0.29) is 0 Å². The van der Waals surface area contributed by atoms with E-state index in [9.17, 15) is 0 Å². The van der Waals surface area contributed by atoms with Crippen LogP contribution in [0.5, 0.6) is 5.75 Å². The van der Waals surface area contributed by atoms with E-state index in [1.54, 1.807) is 7.11 Å². The number of rotatable bonds is 4. The molecule has 2 rings (SSSR count). The van der Waals surface area contributed by atoms with Crippen molar-refractivity contribution in [2.75, 3.05) is 39.2 Å². The number of hydrogen-bond acceptors (Lipinski definition) is 3. The maximum atomic E-state index is 5.29. The molecule has 1 heterocycles. The summed E-state index contributed by atoms with van der Waals surface area (Å²) in [6, 6.07) is 9.02. The van der Waals surface area contributed by atoms with Gasteiger partial charge in [0.1, 0.15) is 5.75 Å². The highest BCUT2D eigenvalue weighted by molar-refractivity contribution is 5.52. The van der Waals surface area contributed by atoms with Crippen LogP contribution in [0.25, 0.3) is 0 Å². The molecule has 3 heteroatoms. The van der Waals surface area contributed by atoms with E-state index in [0.717, 1.165) is 18.8 Å². The van der Waals surface area contributed by atoms with Crippen molar-refractivity contribution in [1.82, 2.24) is 4.90 Å². The van der Waals surface area contributed by atoms with Crippen LogP contribution in [0.3, 0.4) is 0 Å². The number of nitrogens with zero attached hydrogens (tertiary/aromatic N) is 2. The fourth-order valence-corrected chi connectivity index (χ4v) is 2.58. The molecule has 1 aliphatic heterocycles. The summed E-state index contributed by atoms with van der Waals surface area (Å²) in [5.41, 5.74) is 1.29. The quantitative estimate of drug-likeness (QED) is 0.794. The van der Waals surface area contributed by atoms with Gasteiger partial charge in [-0.2, -0.15) is 0 Å². The van der Waals surface area contributed by atoms with E-state index in [0.29, 0.717) is 6.04 Å². The molecule has 1 fully saturated rings. The Morgan fingerprint density at radius 3 is 2.94 bits per heavy atom. The third-order valence-corrected chi connectivity index (χ3v) is 3.34. The summed E-state index contributed by atoms with van der Waals surface area (Å²) in [4.78, 5) is 4.77. The Balaban J connectivity index is 2.14. The molecule has 0 aliphatic carbocycles. The van der Waals surface area contributed by atoms with Crippen LogP contribution in [0.2, 0.25) is 0 Å². The monoisotopic (exact) mass is 234 g/mol. The summed E-state index contributed by atoms with van der Waals surface area (Å²) in [5, 5.41) is 0. The average Bonchev–Trinajstić information content (AvgIpc) is 2.76. The summed E-state index contributed by atoms with van der Waals surface area (Å²) in [6.45, 7) is 2.28. The van der Waals surface area contributed by atoms with Gasteiger partial charge in [-0.3, -0.25) is 0 Å². The molecule has 0 spiro atoms. The van der Waals surface area contributed by atoms with Crippen molar-refractivity contribution < 1.29 is 4.74 Å². The van der Waals surface area contributed by atoms with E-state index in [1.165, 1.54) is 18.5 Å². The first kappa shape index (κ1) is 12.2. The lowest BCUT2D eigenvalue weighted by Gasteiger charge is -2.29. The van der Waals surface area contributed by atoms with Crippen LogP contribution >= 0.6 is 0 Å². The van der Waals surface area contributed by atoms with Gasteiger partial charge >= 0.3 is 0 Å². The molecule has 94 valence electrons. The molecular formula is C14H22N2O. The number of likely N-dealkylation sites (N-methyl/N-ethyl adjacent to an activating group) is 1. The molecule has 1 saturated heterocycles. The van der Waals surface area contributed by atoms with Gasteiger partial charge in [0, 0.05) is 30.9 Å². The molecule has 1 aliphatic rings. The minimum atomic E-state index is 0.636. The summed E-state index contributed by atoms with van der Waals surface area (Å²) in [6.07, 6.45) is 2.57. The Bertz CT molecular complexity index is 365. The van der Waals surface area contributed by atoms with Gasteiger partial charge in [-0.1, -0.05) is 6.07 Å². The van der Waals surface area contributed by atoms with Crippen molar-refractivity contribution in [2.45, 2.75) is 18.9 Å². The number of anilines is 1. The van der Waals surface area contributed by atoms with Gasteiger partial charge in [-0.05, 0) is 39.1 Å². The minimum absolute atomic E-state index is 0.636. The van der Waals surface area contributed by atoms with Crippen molar-refractivity contribution in [3.8, 4) is 5.75 Å². The second-order valence-electron chi connectivity index (χ2n) is 4.95. The predicted octanol–water partition coefficient (Wildman–Crippen LogP) is 2.23. The van der Waals surface area contributed by atoms with E-state index in [2.05, 4.69) is 42.1 Å². The van der Waals surface area contributed by atoms with Crippen molar-refractivity contribution >= 4 is 5.69 Å². The van der Waals surface area contributed by atoms with E-state index in [1.807, 2.05) is 6.07 Å². The van der Waals surface area contributed by atoms with Crippen LogP contribution in [0.15, 0.2) is 24.3 Å². The van der Waals surface area contributed by atoms with Crippen LogP contribution in [-0.4, -0.2) is 45.2 Å². The molecule has 0 saturated carbocycles. The highest BCUT2D eigenvalue weighted by atomic mass is 16.5. The molecule has 0 amide bonds. The van der Waals surface area contributed by atoms with Crippen LogP contribution < -0.4 is 9.64 Å². The maximum Gasteiger partial charge on any atom is 0.120 e. The third-order valence-electron chi connectivity index (χ3n) is 3.34. The first-order valence-corrected chi connectivity index (χ1v) is 6.26. The minimum Gasteiger partial charge on any atom is -0.497 e. The van der Waals surface area contributed by atoms with E-state index >= 15 is 0 Å². The van der Waals surface area contributed by atoms with E-state index < -0.39 is 0 Å². The lowest BCUT2D eigenvalue weighted by atomic mass is 10.2. The number of methoxy groups -OCH3 is 1. The molecule has 0 N–H and O–H groups in total. The zero-order valence-electron chi connectivity index (χ0n) is 11.0. The number of hydrogen-bond donors (Lipinski definition) is 0. The summed E-state index contributed by atoms with van der Waals surface area (Å²) in [7, 11) is 6.00. The normalized spacial score (nSPS) is 20.0. The van der Waals surface area contributed by atoms with Crippen LogP contribution in [0.4, 0.5) is 5.69 Å². The van der Waals surface area contributed by atoms with Crippen molar-refractivity contribution in [2.24, 2.45) is 0 Å². The molecule has 0 bridgehead atoms. The molecule has 1 aromatic rings. The lowest BCUT2D eigenvalue weighted by molar-refractivity contribution is 0.372. The Morgan fingerprint density at radius 1 is 1.41 bits per heavy atom. The highest BCUT2D eigenvalue weighted by Gasteiger charge is 2.25. The van der Waals surface area contributed by atoms with Gasteiger partial charge in [0.2, 0.25) is 0 Å². The van der Waals surface area contributed by atoms with Crippen molar-refractivity contribution in [3.05, 3.63) is 24.3 Å².